The van der Waals surface area contributed by atoms with E-state index in [0.29, 0.717) is 29.7 Å². The molecule has 134 valence electrons. The Hall–Kier alpha value is -2.29. The first-order valence-electron chi connectivity index (χ1n) is 7.94. The number of hydrogen-bond acceptors (Lipinski definition) is 5. The van der Waals surface area contributed by atoms with Crippen molar-refractivity contribution < 1.29 is 18.0 Å². The molecule has 6 nitrogen and oxygen atoms in total. The number of nitrogens with one attached hydrogen (secondary N) is 2. The maximum absolute atomic E-state index is 12.6. The van der Waals surface area contributed by atoms with E-state index in [-0.39, 0.29) is 5.92 Å². The molecule has 25 heavy (non-hydrogen) atoms. The smallest absolute Gasteiger partial charge is 0.345 e. The van der Waals surface area contributed by atoms with Gasteiger partial charge in [0.25, 0.3) is 0 Å². The molecule has 0 radical (unpaired) electrons. The summed E-state index contributed by atoms with van der Waals surface area (Å²) in [4.78, 5) is 24.6. The zero-order valence-electron chi connectivity index (χ0n) is 13.6. The van der Waals surface area contributed by atoms with Gasteiger partial charge in [-0.25, -0.2) is 9.97 Å². The molecule has 1 saturated heterocycles. The number of aromatic nitrogens is 3. The standard InChI is InChI=1S/C16H18F3N5O/c1-10-6-15(9-20-8-10,24-12(25)7-16(17,18)19)11-2-3-22-14-13(11)21-4-5-23-14/h2-5,10,20H,6-9H2,1H3,(H,24,25)/t10-,15-/m0/s1. The van der Waals surface area contributed by atoms with Crippen molar-refractivity contribution in [3.05, 3.63) is 30.2 Å². The Balaban J connectivity index is 2.04. The molecule has 0 saturated carbocycles. The largest absolute Gasteiger partial charge is 0.397 e. The lowest BCUT2D eigenvalue weighted by molar-refractivity contribution is -0.155. The van der Waals surface area contributed by atoms with E-state index in [2.05, 4.69) is 25.6 Å². The number of nitrogens with zero attached hydrogens (tertiary/aromatic N) is 3. The second-order valence-electron chi connectivity index (χ2n) is 6.45. The average Bonchev–Trinajstić information content (AvgIpc) is 2.52. The lowest BCUT2D eigenvalue weighted by Crippen LogP contribution is -2.57. The Morgan fingerprint density at radius 3 is 2.76 bits per heavy atom. The summed E-state index contributed by atoms with van der Waals surface area (Å²) in [6.07, 6.45) is -1.05. The Morgan fingerprint density at radius 1 is 1.32 bits per heavy atom. The highest BCUT2D eigenvalue weighted by molar-refractivity contribution is 5.80. The number of rotatable bonds is 3. The second-order valence-corrected chi connectivity index (χ2v) is 6.45. The van der Waals surface area contributed by atoms with Crippen LogP contribution in [-0.4, -0.2) is 40.1 Å². The van der Waals surface area contributed by atoms with Gasteiger partial charge in [0.2, 0.25) is 5.91 Å². The van der Waals surface area contributed by atoms with E-state index in [9.17, 15) is 18.0 Å². The third-order valence-corrected chi connectivity index (χ3v) is 4.24. The van der Waals surface area contributed by atoms with Gasteiger partial charge < -0.3 is 10.6 Å². The number of halogens is 3. The predicted molar refractivity (Wildman–Crippen MR) is 84.5 cm³/mol. The van der Waals surface area contributed by atoms with Gasteiger partial charge in [0, 0.05) is 30.7 Å². The number of hydrogen-bond donors (Lipinski definition) is 2. The minimum atomic E-state index is -4.56. The number of amides is 1. The summed E-state index contributed by atoms with van der Waals surface area (Å²) in [5, 5.41) is 5.80. The van der Waals surface area contributed by atoms with E-state index in [1.165, 1.54) is 18.6 Å². The van der Waals surface area contributed by atoms with E-state index < -0.39 is 24.0 Å². The maximum Gasteiger partial charge on any atom is 0.397 e. The van der Waals surface area contributed by atoms with Crippen LogP contribution in [0.4, 0.5) is 13.2 Å². The van der Waals surface area contributed by atoms with Gasteiger partial charge in [-0.3, -0.25) is 9.78 Å². The number of carbonyl (C=O) groups is 1. The third-order valence-electron chi connectivity index (χ3n) is 4.24. The summed E-state index contributed by atoms with van der Waals surface area (Å²) in [5.41, 5.74) is 0.507. The summed E-state index contributed by atoms with van der Waals surface area (Å²) in [5.74, 6) is -0.892. The molecule has 3 rings (SSSR count). The van der Waals surface area contributed by atoms with E-state index in [0.717, 1.165) is 6.54 Å². The molecule has 0 aliphatic carbocycles. The quantitative estimate of drug-likeness (QED) is 0.881. The van der Waals surface area contributed by atoms with Crippen molar-refractivity contribution in [1.82, 2.24) is 25.6 Å². The molecule has 0 unspecified atom stereocenters. The molecule has 1 fully saturated rings. The number of pyridine rings is 1. The molecule has 1 aliphatic heterocycles. The van der Waals surface area contributed by atoms with E-state index in [1.807, 2.05) is 6.92 Å². The molecule has 2 N–H and O–H groups in total. The van der Waals surface area contributed by atoms with Crippen LogP contribution in [0, 0.1) is 5.92 Å². The lowest BCUT2D eigenvalue weighted by Gasteiger charge is -2.41. The van der Waals surface area contributed by atoms with Crippen molar-refractivity contribution in [1.29, 1.82) is 0 Å². The van der Waals surface area contributed by atoms with Crippen molar-refractivity contribution in [2.45, 2.75) is 31.5 Å². The monoisotopic (exact) mass is 353 g/mol. The molecule has 2 atom stereocenters. The minimum Gasteiger partial charge on any atom is -0.345 e. The SMILES string of the molecule is C[C@@H]1CNC[C@](NC(=O)CC(F)(F)F)(c2ccnc3nccnc23)C1. The van der Waals surface area contributed by atoms with Crippen molar-refractivity contribution >= 4 is 17.1 Å². The third kappa shape index (κ3) is 3.87. The van der Waals surface area contributed by atoms with Crippen LogP contribution in [0.15, 0.2) is 24.7 Å². The van der Waals surface area contributed by atoms with E-state index in [4.69, 9.17) is 0 Å². The van der Waals surface area contributed by atoms with Crippen molar-refractivity contribution in [3.63, 3.8) is 0 Å². The first-order chi connectivity index (χ1) is 11.8. The number of piperidine rings is 1. The van der Waals surface area contributed by atoms with Crippen LogP contribution in [0.3, 0.4) is 0 Å². The summed E-state index contributed by atoms with van der Waals surface area (Å²) in [7, 11) is 0. The van der Waals surface area contributed by atoms with Gasteiger partial charge in [0.15, 0.2) is 5.65 Å². The van der Waals surface area contributed by atoms with Crippen LogP contribution in [0.1, 0.15) is 25.3 Å². The zero-order chi connectivity index (χ0) is 18.1. The first-order valence-corrected chi connectivity index (χ1v) is 7.94. The zero-order valence-corrected chi connectivity index (χ0v) is 13.6. The molecular weight excluding hydrogens is 335 g/mol. The Morgan fingerprint density at radius 2 is 2.04 bits per heavy atom. The Bertz CT molecular complexity index is 776. The van der Waals surface area contributed by atoms with E-state index >= 15 is 0 Å². The van der Waals surface area contributed by atoms with Crippen molar-refractivity contribution in [3.8, 4) is 0 Å². The molecule has 1 aliphatic rings. The highest BCUT2D eigenvalue weighted by Crippen LogP contribution is 2.34. The van der Waals surface area contributed by atoms with Gasteiger partial charge in [-0.15, -0.1) is 0 Å². The molecule has 9 heteroatoms. The van der Waals surface area contributed by atoms with Gasteiger partial charge in [0.05, 0.1) is 5.54 Å². The molecule has 2 aromatic heterocycles. The number of carbonyl (C=O) groups excluding carboxylic acids is 1. The number of fused-ring (bicyclic) bond motifs is 1. The maximum atomic E-state index is 12.6. The molecule has 1 amide bonds. The summed E-state index contributed by atoms with van der Waals surface area (Å²) >= 11 is 0. The molecular formula is C16H18F3N5O. The van der Waals surface area contributed by atoms with Crippen LogP contribution in [0.5, 0.6) is 0 Å². The van der Waals surface area contributed by atoms with Gasteiger partial charge in [-0.2, -0.15) is 13.2 Å². The fraction of sp³-hybridized carbons (Fsp3) is 0.500. The minimum absolute atomic E-state index is 0.167. The topological polar surface area (TPSA) is 79.8 Å². The predicted octanol–water partition coefficient (Wildman–Crippen LogP) is 1.92. The molecule has 0 aromatic carbocycles. The second kappa shape index (κ2) is 6.55. The van der Waals surface area contributed by atoms with Gasteiger partial charge in [-0.1, -0.05) is 6.92 Å². The number of alkyl halides is 3. The molecule has 0 spiro atoms. The van der Waals surface area contributed by atoms with Crippen LogP contribution < -0.4 is 10.6 Å². The molecule has 3 heterocycles. The van der Waals surface area contributed by atoms with Crippen LogP contribution in [0.2, 0.25) is 0 Å². The average molecular weight is 353 g/mol. The van der Waals surface area contributed by atoms with Gasteiger partial charge >= 0.3 is 6.18 Å². The summed E-state index contributed by atoms with van der Waals surface area (Å²) in [6, 6.07) is 1.69. The van der Waals surface area contributed by atoms with E-state index in [1.54, 1.807) is 6.07 Å². The first kappa shape index (κ1) is 17.5. The summed E-state index contributed by atoms with van der Waals surface area (Å²) in [6.45, 7) is 3.02. The van der Waals surface area contributed by atoms with Crippen LogP contribution >= 0.6 is 0 Å². The lowest BCUT2D eigenvalue weighted by atomic mass is 9.78. The van der Waals surface area contributed by atoms with Gasteiger partial charge in [-0.05, 0) is 24.9 Å². The fourth-order valence-corrected chi connectivity index (χ4v) is 3.39. The normalized spacial score (nSPS) is 24.2. The van der Waals surface area contributed by atoms with Gasteiger partial charge in [0.1, 0.15) is 11.9 Å². The molecule has 0 bridgehead atoms. The Labute approximate surface area is 142 Å². The highest BCUT2D eigenvalue weighted by Gasteiger charge is 2.42. The highest BCUT2D eigenvalue weighted by atomic mass is 19.4. The van der Waals surface area contributed by atoms with Crippen LogP contribution in [0.25, 0.3) is 11.2 Å². The summed E-state index contributed by atoms with van der Waals surface area (Å²) < 4.78 is 37.8. The fourth-order valence-electron chi connectivity index (χ4n) is 3.39. The van der Waals surface area contributed by atoms with Crippen LogP contribution in [-0.2, 0) is 10.3 Å². The molecule has 2 aromatic rings. The van der Waals surface area contributed by atoms with Crippen molar-refractivity contribution in [2.24, 2.45) is 5.92 Å². The van der Waals surface area contributed by atoms with Crippen molar-refractivity contribution in [2.75, 3.05) is 13.1 Å². The Kier molecular flexibility index (Phi) is 4.59.